The molecule has 74 valence electrons. The Morgan fingerprint density at radius 2 is 2.07 bits per heavy atom. The van der Waals surface area contributed by atoms with Crippen LogP contribution < -0.4 is 0 Å². The van der Waals surface area contributed by atoms with Gasteiger partial charge in [0.25, 0.3) is 0 Å². The summed E-state index contributed by atoms with van der Waals surface area (Å²) in [6, 6.07) is 2.36. The molecule has 0 bridgehead atoms. The molecule has 0 aliphatic heterocycles. The minimum absolute atomic E-state index is 0.109. The van der Waals surface area contributed by atoms with Crippen LogP contribution in [-0.2, 0) is 0 Å². The number of hydrogen-bond acceptors (Lipinski definition) is 1. The molecule has 0 saturated carbocycles. The molecule has 0 amide bonds. The maximum Gasteiger partial charge on any atom is 0.160 e. The predicted molar refractivity (Wildman–Crippen MR) is 56.7 cm³/mol. The zero-order chi connectivity index (χ0) is 10.6. The topological polar surface area (TPSA) is 0 Å². The van der Waals surface area contributed by atoms with Gasteiger partial charge in [-0.25, -0.2) is 8.78 Å². The third kappa shape index (κ3) is 2.63. The Morgan fingerprint density at radius 1 is 1.36 bits per heavy atom. The van der Waals surface area contributed by atoms with Crippen molar-refractivity contribution in [3.05, 3.63) is 34.4 Å². The fourth-order valence-electron chi connectivity index (χ4n) is 0.836. The normalized spacial score (nSPS) is 9.43. The minimum atomic E-state index is -0.807. The predicted octanol–water partition coefficient (Wildman–Crippen LogP) is 3.29. The smallest absolute Gasteiger partial charge is 0.160 e. The van der Waals surface area contributed by atoms with E-state index >= 15 is 0 Å². The first-order valence-corrected chi connectivity index (χ1v) is 4.91. The van der Waals surface area contributed by atoms with Crippen LogP contribution in [0.3, 0.4) is 0 Å². The second-order valence-electron chi connectivity index (χ2n) is 2.50. The van der Waals surface area contributed by atoms with Crippen LogP contribution in [0.15, 0.2) is 12.1 Å². The molecule has 0 aromatic heterocycles. The largest absolute Gasteiger partial charge is 0.205 e. The molecule has 0 saturated heterocycles. The van der Waals surface area contributed by atoms with Crippen molar-refractivity contribution < 1.29 is 8.78 Å². The van der Waals surface area contributed by atoms with E-state index in [0.717, 1.165) is 6.07 Å². The Morgan fingerprint density at radius 3 is 2.71 bits per heavy atom. The zero-order valence-corrected chi connectivity index (χ0v) is 8.80. The molecule has 0 radical (unpaired) electrons. The molecule has 0 aliphatic rings. The highest BCUT2D eigenvalue weighted by Gasteiger charge is 2.09. The third-order valence-electron chi connectivity index (χ3n) is 1.50. The molecule has 0 fully saturated rings. The van der Waals surface area contributed by atoms with Crippen LogP contribution in [0.2, 0.25) is 5.02 Å². The van der Waals surface area contributed by atoms with Crippen molar-refractivity contribution >= 4 is 24.2 Å². The van der Waals surface area contributed by atoms with E-state index in [1.54, 1.807) is 0 Å². The molecule has 0 atom stereocenters. The molecule has 1 rings (SSSR count). The van der Waals surface area contributed by atoms with E-state index in [2.05, 4.69) is 24.5 Å². The monoisotopic (exact) mass is 232 g/mol. The average molecular weight is 233 g/mol. The van der Waals surface area contributed by atoms with Gasteiger partial charge in [0.05, 0.1) is 5.56 Å². The highest BCUT2D eigenvalue weighted by molar-refractivity contribution is 7.80. The molecule has 0 spiro atoms. The number of hydrogen-bond donors (Lipinski definition) is 1. The summed E-state index contributed by atoms with van der Waals surface area (Å²) in [5, 5.41) is -0.511. The molecule has 14 heavy (non-hydrogen) atoms. The Bertz CT molecular complexity index is 393. The Kier molecular flexibility index (Phi) is 4.24. The lowest BCUT2D eigenvalue weighted by molar-refractivity contribution is 0.582. The molecule has 4 heteroatoms. The molecule has 1 aromatic carbocycles. The van der Waals surface area contributed by atoms with Crippen molar-refractivity contribution in [2.24, 2.45) is 0 Å². The standard InChI is InChI=1S/C10H7ClF2S/c11-9-8(12)5-4-7(10(9)13)3-1-2-6-14/h4-5,14H,2,6H2. The highest BCUT2D eigenvalue weighted by atomic mass is 35.5. The maximum atomic E-state index is 13.2. The average Bonchev–Trinajstić information content (AvgIpc) is 2.18. The van der Waals surface area contributed by atoms with Crippen LogP contribution >= 0.6 is 24.2 Å². The summed E-state index contributed by atoms with van der Waals surface area (Å²) in [6.07, 6.45) is 0.553. The Balaban J connectivity index is 3.02. The van der Waals surface area contributed by atoms with Crippen molar-refractivity contribution in [2.45, 2.75) is 6.42 Å². The van der Waals surface area contributed by atoms with Gasteiger partial charge in [0.2, 0.25) is 0 Å². The van der Waals surface area contributed by atoms with Gasteiger partial charge < -0.3 is 0 Å². The second kappa shape index (κ2) is 5.23. The first-order chi connectivity index (χ1) is 6.66. The highest BCUT2D eigenvalue weighted by Crippen LogP contribution is 2.21. The van der Waals surface area contributed by atoms with Crippen LogP contribution in [0.25, 0.3) is 0 Å². The van der Waals surface area contributed by atoms with Crippen molar-refractivity contribution in [3.63, 3.8) is 0 Å². The molecule has 0 nitrogen and oxygen atoms in total. The summed E-state index contributed by atoms with van der Waals surface area (Å²) in [4.78, 5) is 0. The first kappa shape index (κ1) is 11.4. The third-order valence-corrected chi connectivity index (χ3v) is 2.07. The fourth-order valence-corrected chi connectivity index (χ4v) is 1.11. The molecular weight excluding hydrogens is 226 g/mol. The minimum Gasteiger partial charge on any atom is -0.205 e. The maximum absolute atomic E-state index is 13.2. The van der Waals surface area contributed by atoms with Crippen molar-refractivity contribution in [1.29, 1.82) is 0 Å². The van der Waals surface area contributed by atoms with Gasteiger partial charge in [-0.15, -0.1) is 0 Å². The van der Waals surface area contributed by atoms with Crippen molar-refractivity contribution in [2.75, 3.05) is 5.75 Å². The quantitative estimate of drug-likeness (QED) is 0.429. The van der Waals surface area contributed by atoms with Gasteiger partial charge in [-0.1, -0.05) is 23.4 Å². The van der Waals surface area contributed by atoms with Gasteiger partial charge in [0.15, 0.2) is 5.82 Å². The summed E-state index contributed by atoms with van der Waals surface area (Å²) in [7, 11) is 0. The van der Waals surface area contributed by atoms with Gasteiger partial charge in [-0.3, -0.25) is 0 Å². The number of rotatable bonds is 1. The van der Waals surface area contributed by atoms with Gasteiger partial charge in [-0.2, -0.15) is 12.6 Å². The molecule has 0 aliphatic carbocycles. The van der Waals surface area contributed by atoms with E-state index in [1.165, 1.54) is 6.07 Å². The van der Waals surface area contributed by atoms with Gasteiger partial charge in [0.1, 0.15) is 10.8 Å². The fraction of sp³-hybridized carbons (Fsp3) is 0.200. The second-order valence-corrected chi connectivity index (χ2v) is 3.32. The van der Waals surface area contributed by atoms with Gasteiger partial charge in [-0.05, 0) is 12.1 Å². The summed E-state index contributed by atoms with van der Waals surface area (Å²) < 4.78 is 25.9. The number of benzene rings is 1. The van der Waals surface area contributed by atoms with Crippen LogP contribution in [0.4, 0.5) is 8.78 Å². The van der Waals surface area contributed by atoms with Crippen molar-refractivity contribution in [3.8, 4) is 11.8 Å². The lowest BCUT2D eigenvalue weighted by Crippen LogP contribution is -1.88. The number of thiol groups is 1. The van der Waals surface area contributed by atoms with E-state index in [9.17, 15) is 8.78 Å². The zero-order valence-electron chi connectivity index (χ0n) is 7.15. The Hall–Kier alpha value is -0.720. The van der Waals surface area contributed by atoms with Crippen LogP contribution in [0.1, 0.15) is 12.0 Å². The summed E-state index contributed by atoms with van der Waals surface area (Å²) >= 11 is 9.31. The molecule has 0 heterocycles. The SMILES string of the molecule is Fc1ccc(C#CCCS)c(F)c1Cl. The first-order valence-electron chi connectivity index (χ1n) is 3.90. The van der Waals surface area contributed by atoms with E-state index in [1.807, 2.05) is 0 Å². The van der Waals surface area contributed by atoms with Gasteiger partial charge in [0, 0.05) is 12.2 Å². The van der Waals surface area contributed by atoms with E-state index in [0.29, 0.717) is 12.2 Å². The summed E-state index contributed by atoms with van der Waals surface area (Å²) in [6.45, 7) is 0. The molecule has 0 unspecified atom stereocenters. The van der Waals surface area contributed by atoms with Crippen molar-refractivity contribution in [1.82, 2.24) is 0 Å². The van der Waals surface area contributed by atoms with Gasteiger partial charge >= 0.3 is 0 Å². The lowest BCUT2D eigenvalue weighted by Gasteiger charge is -1.97. The molecule has 1 aromatic rings. The lowest BCUT2D eigenvalue weighted by atomic mass is 10.2. The summed E-state index contributed by atoms with van der Waals surface area (Å²) in [5.74, 6) is 4.27. The van der Waals surface area contributed by atoms with E-state index in [4.69, 9.17) is 11.6 Å². The van der Waals surface area contributed by atoms with Crippen LogP contribution in [0.5, 0.6) is 0 Å². The van der Waals surface area contributed by atoms with Crippen LogP contribution in [0, 0.1) is 23.5 Å². The van der Waals surface area contributed by atoms with E-state index < -0.39 is 16.7 Å². The van der Waals surface area contributed by atoms with E-state index in [-0.39, 0.29) is 5.56 Å². The number of halogens is 3. The summed E-state index contributed by atoms with van der Waals surface area (Å²) in [5.41, 5.74) is 0.109. The molecule has 0 N–H and O–H groups in total. The molecular formula is C10H7ClF2S. The Labute approximate surface area is 91.7 Å². The van der Waals surface area contributed by atoms with Crippen LogP contribution in [-0.4, -0.2) is 5.75 Å².